The predicted octanol–water partition coefficient (Wildman–Crippen LogP) is 3.35. The van der Waals surface area contributed by atoms with Crippen molar-refractivity contribution in [3.8, 4) is 0 Å². The van der Waals surface area contributed by atoms with Crippen molar-refractivity contribution in [3.63, 3.8) is 0 Å². The minimum Gasteiger partial charge on any atom is -0.344 e. The molecule has 0 spiro atoms. The molecule has 1 saturated carbocycles. The molecule has 2 N–H and O–H groups in total. The monoisotopic (exact) mass is 374 g/mol. The Bertz CT molecular complexity index is 515. The third-order valence-corrected chi connectivity index (χ3v) is 4.59. The average Bonchev–Trinajstić information content (AvgIpc) is 3.19. The Balaban J connectivity index is 0.00000220. The first-order valence-electron chi connectivity index (χ1n) is 7.02. The number of rotatable bonds is 5. The lowest BCUT2D eigenvalue weighted by atomic mass is 9.90. The zero-order valence-electron chi connectivity index (χ0n) is 12.9. The van der Waals surface area contributed by atoms with Crippen LogP contribution >= 0.6 is 28.3 Å². The van der Waals surface area contributed by atoms with E-state index < -0.39 is 0 Å². The zero-order valence-corrected chi connectivity index (χ0v) is 15.3. The minimum absolute atomic E-state index is 0. The first kappa shape index (κ1) is 18.5. The molecule has 0 aliphatic heterocycles. The van der Waals surface area contributed by atoms with Crippen molar-refractivity contribution in [2.24, 2.45) is 11.1 Å². The van der Waals surface area contributed by atoms with E-state index in [2.05, 4.69) is 41.9 Å². The van der Waals surface area contributed by atoms with E-state index in [4.69, 9.17) is 5.73 Å². The summed E-state index contributed by atoms with van der Waals surface area (Å²) >= 11 is 3.49. The van der Waals surface area contributed by atoms with E-state index in [1.54, 1.807) is 0 Å². The van der Waals surface area contributed by atoms with Gasteiger partial charge in [-0.15, -0.1) is 12.4 Å². The van der Waals surface area contributed by atoms with Crippen molar-refractivity contribution in [3.05, 3.63) is 34.3 Å². The Morgan fingerprint density at radius 1 is 1.43 bits per heavy atom. The van der Waals surface area contributed by atoms with E-state index in [1.807, 2.05) is 24.1 Å². The summed E-state index contributed by atoms with van der Waals surface area (Å²) in [6.45, 7) is 5.46. The number of hydrogen-bond acceptors (Lipinski definition) is 2. The molecule has 0 radical (unpaired) electrons. The predicted molar refractivity (Wildman–Crippen MR) is 92.8 cm³/mol. The molecule has 3 nitrogen and oxygen atoms in total. The molecule has 1 aromatic rings. The van der Waals surface area contributed by atoms with Crippen LogP contribution in [-0.2, 0) is 10.2 Å². The molecular formula is C16H24BrClN2O. The minimum atomic E-state index is -0.302. The van der Waals surface area contributed by atoms with Crippen LogP contribution in [0.5, 0.6) is 0 Å². The molecule has 1 fully saturated rings. The van der Waals surface area contributed by atoms with Gasteiger partial charge in [0.25, 0.3) is 0 Å². The second kappa shape index (κ2) is 6.67. The number of carbonyl (C=O) groups excluding carboxylic acids is 1. The van der Waals surface area contributed by atoms with Crippen molar-refractivity contribution in [2.45, 2.75) is 32.1 Å². The van der Waals surface area contributed by atoms with Crippen LogP contribution in [0.15, 0.2) is 28.7 Å². The maximum absolute atomic E-state index is 12.8. The number of benzene rings is 1. The molecule has 1 amide bonds. The van der Waals surface area contributed by atoms with E-state index >= 15 is 0 Å². The Morgan fingerprint density at radius 3 is 2.52 bits per heavy atom. The highest BCUT2D eigenvalue weighted by Gasteiger charge is 2.52. The Morgan fingerprint density at radius 2 is 2.05 bits per heavy atom. The fraction of sp³-hybridized carbons (Fsp3) is 0.562. The summed E-state index contributed by atoms with van der Waals surface area (Å²) in [6, 6.07) is 8.10. The topological polar surface area (TPSA) is 46.3 Å². The van der Waals surface area contributed by atoms with Crippen LogP contribution in [0.2, 0.25) is 0 Å². The molecule has 5 heteroatoms. The molecule has 1 aromatic carbocycles. The van der Waals surface area contributed by atoms with Crippen LogP contribution in [0, 0.1) is 5.41 Å². The SMILES string of the molecule is CN(CC(C)(C)CN)C(=O)C1(c2cccc(Br)c2)CC1.Cl. The van der Waals surface area contributed by atoms with Crippen LogP contribution < -0.4 is 5.73 Å². The van der Waals surface area contributed by atoms with E-state index in [9.17, 15) is 4.79 Å². The lowest BCUT2D eigenvalue weighted by Crippen LogP contribution is -2.44. The second-order valence-electron chi connectivity index (χ2n) is 6.62. The van der Waals surface area contributed by atoms with Gasteiger partial charge in [0, 0.05) is 18.1 Å². The molecule has 0 atom stereocenters. The van der Waals surface area contributed by atoms with Crippen molar-refractivity contribution in [1.29, 1.82) is 0 Å². The second-order valence-corrected chi connectivity index (χ2v) is 7.54. The molecule has 0 bridgehead atoms. The van der Waals surface area contributed by atoms with Gasteiger partial charge in [-0.25, -0.2) is 0 Å². The van der Waals surface area contributed by atoms with Crippen molar-refractivity contribution in [2.75, 3.05) is 20.1 Å². The van der Waals surface area contributed by atoms with Gasteiger partial charge in [-0.3, -0.25) is 4.79 Å². The molecule has 0 aromatic heterocycles. The largest absolute Gasteiger partial charge is 0.344 e. The highest BCUT2D eigenvalue weighted by molar-refractivity contribution is 9.10. The number of nitrogens with zero attached hydrogens (tertiary/aromatic N) is 1. The molecular weight excluding hydrogens is 352 g/mol. The molecule has 0 heterocycles. The number of likely N-dealkylation sites (N-methyl/N-ethyl adjacent to an activating group) is 1. The van der Waals surface area contributed by atoms with Gasteiger partial charge in [0.05, 0.1) is 5.41 Å². The summed E-state index contributed by atoms with van der Waals surface area (Å²) in [4.78, 5) is 14.7. The van der Waals surface area contributed by atoms with Gasteiger partial charge in [0.15, 0.2) is 0 Å². The summed E-state index contributed by atoms with van der Waals surface area (Å²) < 4.78 is 1.03. The van der Waals surface area contributed by atoms with Gasteiger partial charge in [0.1, 0.15) is 0 Å². The first-order chi connectivity index (χ1) is 9.31. The molecule has 21 heavy (non-hydrogen) atoms. The summed E-state index contributed by atoms with van der Waals surface area (Å²) in [5.74, 6) is 0.220. The lowest BCUT2D eigenvalue weighted by molar-refractivity contribution is -0.133. The smallest absolute Gasteiger partial charge is 0.232 e. The normalized spacial score (nSPS) is 16.0. The first-order valence-corrected chi connectivity index (χ1v) is 7.82. The zero-order chi connectivity index (χ0) is 15.0. The molecule has 1 aliphatic carbocycles. The standard InChI is InChI=1S/C16H23BrN2O.ClH/c1-15(2,10-18)11-19(3)14(20)16(7-8-16)12-5-4-6-13(17)9-12;/h4-6,9H,7-8,10-11,18H2,1-3H3;1H. The van der Waals surface area contributed by atoms with Gasteiger partial charge in [-0.05, 0) is 42.5 Å². The highest BCUT2D eigenvalue weighted by atomic mass is 79.9. The Kier molecular flexibility index (Phi) is 5.87. The van der Waals surface area contributed by atoms with Crippen molar-refractivity contribution >= 4 is 34.2 Å². The maximum Gasteiger partial charge on any atom is 0.232 e. The summed E-state index contributed by atoms with van der Waals surface area (Å²) in [5.41, 5.74) is 6.54. The lowest BCUT2D eigenvalue weighted by Gasteiger charge is -2.31. The fourth-order valence-corrected chi connectivity index (χ4v) is 3.08. The maximum atomic E-state index is 12.8. The van der Waals surface area contributed by atoms with E-state index in [-0.39, 0.29) is 29.1 Å². The van der Waals surface area contributed by atoms with Crippen LogP contribution in [0.3, 0.4) is 0 Å². The molecule has 0 saturated heterocycles. The molecule has 1 aliphatic rings. The molecule has 2 rings (SSSR count). The summed E-state index contributed by atoms with van der Waals surface area (Å²) in [7, 11) is 1.89. The molecule has 0 unspecified atom stereocenters. The number of nitrogens with two attached hydrogens (primary N) is 1. The highest BCUT2D eigenvalue weighted by Crippen LogP contribution is 2.50. The third-order valence-electron chi connectivity index (χ3n) is 4.10. The van der Waals surface area contributed by atoms with Gasteiger partial charge in [0.2, 0.25) is 5.91 Å². The number of hydrogen-bond donors (Lipinski definition) is 1. The van der Waals surface area contributed by atoms with Gasteiger partial charge < -0.3 is 10.6 Å². The number of amides is 1. The molecule has 118 valence electrons. The van der Waals surface area contributed by atoms with E-state index in [1.165, 1.54) is 0 Å². The Hall–Kier alpha value is -0.580. The summed E-state index contributed by atoms with van der Waals surface area (Å²) in [5, 5.41) is 0. The number of halogens is 2. The van der Waals surface area contributed by atoms with Crippen LogP contribution in [0.1, 0.15) is 32.3 Å². The van der Waals surface area contributed by atoms with Crippen LogP contribution in [0.25, 0.3) is 0 Å². The van der Waals surface area contributed by atoms with Crippen LogP contribution in [0.4, 0.5) is 0 Å². The van der Waals surface area contributed by atoms with E-state index in [0.29, 0.717) is 13.1 Å². The Labute approximate surface area is 141 Å². The number of carbonyl (C=O) groups is 1. The van der Waals surface area contributed by atoms with Crippen molar-refractivity contribution < 1.29 is 4.79 Å². The summed E-state index contributed by atoms with van der Waals surface area (Å²) in [6.07, 6.45) is 1.88. The average molecular weight is 376 g/mol. The van der Waals surface area contributed by atoms with E-state index in [0.717, 1.165) is 22.9 Å². The van der Waals surface area contributed by atoms with Crippen molar-refractivity contribution in [1.82, 2.24) is 4.90 Å². The third kappa shape index (κ3) is 3.99. The van der Waals surface area contributed by atoms with Crippen LogP contribution in [-0.4, -0.2) is 30.9 Å². The fourth-order valence-electron chi connectivity index (χ4n) is 2.68. The quantitative estimate of drug-likeness (QED) is 0.858. The van der Waals surface area contributed by atoms with Gasteiger partial charge in [-0.1, -0.05) is 41.9 Å². The van der Waals surface area contributed by atoms with Gasteiger partial charge >= 0.3 is 0 Å². The van der Waals surface area contributed by atoms with Gasteiger partial charge in [-0.2, -0.15) is 0 Å².